The summed E-state index contributed by atoms with van der Waals surface area (Å²) in [6, 6.07) is 16.3. The fourth-order valence-corrected chi connectivity index (χ4v) is 3.69. The van der Waals surface area contributed by atoms with Gasteiger partial charge in [-0.05, 0) is 36.6 Å². The molecule has 1 amide bonds. The van der Waals surface area contributed by atoms with Crippen molar-refractivity contribution in [2.45, 2.75) is 39.3 Å². The summed E-state index contributed by atoms with van der Waals surface area (Å²) in [5, 5.41) is 9.66. The normalized spacial score (nSPS) is 15.8. The molecule has 32 heavy (non-hydrogen) atoms. The van der Waals surface area contributed by atoms with Crippen LogP contribution in [0.2, 0.25) is 0 Å². The van der Waals surface area contributed by atoms with E-state index >= 15 is 0 Å². The first-order valence-electron chi connectivity index (χ1n) is 11.3. The zero-order chi connectivity index (χ0) is 22.6. The minimum atomic E-state index is 0.0535. The van der Waals surface area contributed by atoms with Crippen molar-refractivity contribution in [1.29, 1.82) is 0 Å². The van der Waals surface area contributed by atoms with Crippen LogP contribution >= 0.6 is 0 Å². The van der Waals surface area contributed by atoms with Gasteiger partial charge in [0.25, 0.3) is 0 Å². The molecule has 7 heteroatoms. The number of benzene rings is 2. The predicted molar refractivity (Wildman–Crippen MR) is 128 cm³/mol. The lowest BCUT2D eigenvalue weighted by molar-refractivity contribution is -0.116. The van der Waals surface area contributed by atoms with Gasteiger partial charge in [-0.3, -0.25) is 4.79 Å². The Kier molecular flexibility index (Phi) is 9.53. The third-order valence-corrected chi connectivity index (χ3v) is 5.22. The highest BCUT2D eigenvalue weighted by atomic mass is 16.5. The lowest BCUT2D eigenvalue weighted by atomic mass is 9.90. The number of hydrogen-bond acceptors (Lipinski definition) is 4. The van der Waals surface area contributed by atoms with E-state index in [2.05, 4.69) is 40.2 Å². The van der Waals surface area contributed by atoms with E-state index in [1.54, 1.807) is 0 Å². The molecular weight excluding hydrogens is 404 g/mol. The highest BCUT2D eigenvalue weighted by Crippen LogP contribution is 2.31. The van der Waals surface area contributed by atoms with Gasteiger partial charge in [-0.25, -0.2) is 4.99 Å². The molecule has 172 valence electrons. The van der Waals surface area contributed by atoms with Crippen LogP contribution in [0, 0.1) is 0 Å². The van der Waals surface area contributed by atoms with Gasteiger partial charge >= 0.3 is 0 Å². The fourth-order valence-electron chi connectivity index (χ4n) is 3.69. The number of rotatable bonds is 11. The number of anilines is 1. The van der Waals surface area contributed by atoms with Crippen LogP contribution in [0.4, 0.5) is 5.69 Å². The van der Waals surface area contributed by atoms with Gasteiger partial charge in [-0.15, -0.1) is 0 Å². The van der Waals surface area contributed by atoms with Gasteiger partial charge in [-0.1, -0.05) is 42.5 Å². The van der Waals surface area contributed by atoms with E-state index in [1.165, 1.54) is 0 Å². The Morgan fingerprint density at radius 1 is 1.06 bits per heavy atom. The minimum Gasteiger partial charge on any atom is -0.379 e. The number of nitrogens with one attached hydrogen (secondary N) is 3. The van der Waals surface area contributed by atoms with Crippen molar-refractivity contribution in [3.63, 3.8) is 0 Å². The maximum Gasteiger partial charge on any atom is 0.225 e. The van der Waals surface area contributed by atoms with Crippen LogP contribution in [0.5, 0.6) is 0 Å². The number of hydrogen-bond donors (Lipinski definition) is 3. The number of fused-ring (bicyclic) bond motifs is 1. The summed E-state index contributed by atoms with van der Waals surface area (Å²) in [6.07, 6.45) is 0.467. The molecule has 0 bridgehead atoms. The second-order valence-electron chi connectivity index (χ2n) is 7.68. The number of carbonyl (C=O) groups is 1. The molecule has 0 aromatic heterocycles. The molecular formula is C25H34N4O3. The molecule has 1 aliphatic rings. The molecule has 1 atom stereocenters. The summed E-state index contributed by atoms with van der Waals surface area (Å²) in [6.45, 7) is 8.46. The van der Waals surface area contributed by atoms with E-state index in [9.17, 15) is 4.79 Å². The monoisotopic (exact) mass is 438 g/mol. The highest BCUT2D eigenvalue weighted by molar-refractivity contribution is 5.94. The van der Waals surface area contributed by atoms with E-state index in [4.69, 9.17) is 14.5 Å². The Morgan fingerprint density at radius 2 is 1.88 bits per heavy atom. The van der Waals surface area contributed by atoms with Crippen molar-refractivity contribution in [1.82, 2.24) is 10.6 Å². The van der Waals surface area contributed by atoms with Crippen molar-refractivity contribution in [3.8, 4) is 0 Å². The summed E-state index contributed by atoms with van der Waals surface area (Å²) in [7, 11) is 0. The quantitative estimate of drug-likeness (QED) is 0.284. The van der Waals surface area contributed by atoms with Crippen molar-refractivity contribution in [3.05, 3.63) is 65.2 Å². The molecule has 1 unspecified atom stereocenters. The molecule has 0 radical (unpaired) electrons. The van der Waals surface area contributed by atoms with Gasteiger partial charge in [0, 0.05) is 37.7 Å². The van der Waals surface area contributed by atoms with Crippen molar-refractivity contribution >= 4 is 17.6 Å². The first kappa shape index (κ1) is 23.8. The maximum atomic E-state index is 12.1. The Balaban J connectivity index is 1.56. The first-order chi connectivity index (χ1) is 15.7. The average molecular weight is 439 g/mol. The highest BCUT2D eigenvalue weighted by Gasteiger charge is 2.24. The Hall–Kier alpha value is -2.90. The lowest BCUT2D eigenvalue weighted by Crippen LogP contribution is -2.40. The largest absolute Gasteiger partial charge is 0.379 e. The number of nitrogens with zero attached hydrogens (tertiary/aromatic N) is 1. The van der Waals surface area contributed by atoms with Crippen LogP contribution < -0.4 is 16.0 Å². The van der Waals surface area contributed by atoms with Crippen LogP contribution in [-0.4, -0.2) is 44.8 Å². The lowest BCUT2D eigenvalue weighted by Gasteiger charge is -2.26. The van der Waals surface area contributed by atoms with E-state index < -0.39 is 0 Å². The predicted octanol–water partition coefficient (Wildman–Crippen LogP) is 3.42. The summed E-state index contributed by atoms with van der Waals surface area (Å²) >= 11 is 0. The van der Waals surface area contributed by atoms with Crippen LogP contribution in [-0.2, 0) is 27.4 Å². The molecule has 1 heterocycles. The van der Waals surface area contributed by atoms with E-state index in [-0.39, 0.29) is 11.8 Å². The van der Waals surface area contributed by atoms with E-state index in [0.717, 1.165) is 34.9 Å². The first-order valence-corrected chi connectivity index (χ1v) is 11.3. The summed E-state index contributed by atoms with van der Waals surface area (Å²) in [5.74, 6) is 0.910. The van der Waals surface area contributed by atoms with Gasteiger partial charge in [-0.2, -0.15) is 0 Å². The van der Waals surface area contributed by atoms with Crippen molar-refractivity contribution in [2.24, 2.45) is 4.99 Å². The number of carbonyl (C=O) groups excluding carboxylic acids is 1. The number of ether oxygens (including phenoxy) is 2. The van der Waals surface area contributed by atoms with Gasteiger partial charge in [0.15, 0.2) is 5.96 Å². The number of aliphatic imine (C=N–C) groups is 1. The minimum absolute atomic E-state index is 0.0535. The second-order valence-corrected chi connectivity index (χ2v) is 7.68. The van der Waals surface area contributed by atoms with Gasteiger partial charge in [0.05, 0.1) is 26.4 Å². The fraction of sp³-hybridized carbons (Fsp3) is 0.440. The van der Waals surface area contributed by atoms with Gasteiger partial charge < -0.3 is 25.4 Å². The number of guanidine groups is 1. The zero-order valence-corrected chi connectivity index (χ0v) is 19.0. The van der Waals surface area contributed by atoms with E-state index in [1.807, 2.05) is 38.1 Å². The molecule has 1 aliphatic heterocycles. The third-order valence-electron chi connectivity index (χ3n) is 5.22. The molecule has 7 nitrogen and oxygen atoms in total. The number of para-hydroxylation sites is 1. The molecule has 3 N–H and O–H groups in total. The summed E-state index contributed by atoms with van der Waals surface area (Å²) in [5.41, 5.74) is 4.30. The van der Waals surface area contributed by atoms with Crippen LogP contribution in [0.25, 0.3) is 0 Å². The molecule has 0 saturated carbocycles. The molecule has 0 spiro atoms. The molecule has 3 rings (SSSR count). The van der Waals surface area contributed by atoms with Crippen molar-refractivity contribution < 1.29 is 14.3 Å². The Labute approximate surface area is 190 Å². The molecule has 2 aromatic carbocycles. The van der Waals surface area contributed by atoms with Crippen LogP contribution in [0.15, 0.2) is 53.5 Å². The SMILES string of the molecule is CCNC(=NCc1cccc(COCCOCC)c1)NCC1CC(=O)Nc2ccccc21. The van der Waals surface area contributed by atoms with E-state index in [0.29, 0.717) is 45.9 Å². The topological polar surface area (TPSA) is 84.0 Å². The number of amides is 1. The van der Waals surface area contributed by atoms with Crippen LogP contribution in [0.3, 0.4) is 0 Å². The maximum absolute atomic E-state index is 12.1. The van der Waals surface area contributed by atoms with Crippen molar-refractivity contribution in [2.75, 3.05) is 38.2 Å². The average Bonchev–Trinajstić information content (AvgIpc) is 2.80. The van der Waals surface area contributed by atoms with Gasteiger partial charge in [0.1, 0.15) is 0 Å². The smallest absolute Gasteiger partial charge is 0.225 e. The standard InChI is InChI=1S/C25H34N4O3/c1-3-26-25(28-17-21-15-24(30)29-23-11-6-5-10-22(21)23)27-16-19-8-7-9-20(14-19)18-32-13-12-31-4-2/h5-11,14,21H,3-4,12-13,15-18H2,1-2H3,(H,29,30)(H2,26,27,28). The molecule has 2 aromatic rings. The zero-order valence-electron chi connectivity index (χ0n) is 19.0. The molecule has 0 fully saturated rings. The second kappa shape index (κ2) is 12.8. The summed E-state index contributed by atoms with van der Waals surface area (Å²) < 4.78 is 11.0. The Morgan fingerprint density at radius 3 is 2.72 bits per heavy atom. The summed E-state index contributed by atoms with van der Waals surface area (Å²) in [4.78, 5) is 16.8. The third kappa shape index (κ3) is 7.35. The Bertz CT molecular complexity index is 900. The van der Waals surface area contributed by atoms with Crippen LogP contribution in [0.1, 0.15) is 42.9 Å². The molecule has 0 saturated heterocycles. The van der Waals surface area contributed by atoms with Gasteiger partial charge in [0.2, 0.25) is 5.91 Å². The molecule has 0 aliphatic carbocycles.